The van der Waals surface area contributed by atoms with E-state index in [1.54, 1.807) is 19.3 Å². The molecular formula is C13H24N4O2S. The molecule has 1 aromatic heterocycles. The highest BCUT2D eigenvalue weighted by atomic mass is 32.2. The lowest BCUT2D eigenvalue weighted by atomic mass is 10.4. The smallest absolute Gasteiger partial charge is 0.244 e. The SMILES string of the molecule is CN(C)CCN(C)S(=O)(=O)c1c[nH]c(CNC2CC2)c1. The fourth-order valence-electron chi connectivity index (χ4n) is 1.85. The van der Waals surface area contributed by atoms with Gasteiger partial charge in [-0.15, -0.1) is 0 Å². The largest absolute Gasteiger partial charge is 0.363 e. The van der Waals surface area contributed by atoms with E-state index in [1.807, 2.05) is 19.0 Å². The quantitative estimate of drug-likeness (QED) is 0.731. The lowest BCUT2D eigenvalue weighted by Crippen LogP contribution is -2.33. The molecule has 114 valence electrons. The summed E-state index contributed by atoms with van der Waals surface area (Å²) in [7, 11) is 2.09. The molecule has 0 amide bonds. The predicted molar refractivity (Wildman–Crippen MR) is 79.0 cm³/mol. The third-order valence-electron chi connectivity index (χ3n) is 3.45. The van der Waals surface area contributed by atoms with E-state index in [4.69, 9.17) is 0 Å². The lowest BCUT2D eigenvalue weighted by molar-refractivity contribution is 0.358. The van der Waals surface area contributed by atoms with Crippen molar-refractivity contribution in [3.63, 3.8) is 0 Å². The predicted octanol–water partition coefficient (Wildman–Crippen LogP) is 0.449. The molecule has 1 aliphatic carbocycles. The average Bonchev–Trinajstić information content (AvgIpc) is 3.09. The molecule has 0 aliphatic heterocycles. The van der Waals surface area contributed by atoms with Crippen LogP contribution in [-0.4, -0.2) is 62.9 Å². The molecule has 7 heteroatoms. The number of hydrogen-bond acceptors (Lipinski definition) is 4. The van der Waals surface area contributed by atoms with Crippen molar-refractivity contribution in [2.45, 2.75) is 30.3 Å². The van der Waals surface area contributed by atoms with Crippen molar-refractivity contribution in [1.29, 1.82) is 0 Å². The summed E-state index contributed by atoms with van der Waals surface area (Å²) in [5.74, 6) is 0. The van der Waals surface area contributed by atoms with Crippen LogP contribution in [-0.2, 0) is 16.6 Å². The topological polar surface area (TPSA) is 68.4 Å². The van der Waals surface area contributed by atoms with Gasteiger partial charge < -0.3 is 15.2 Å². The second kappa shape index (κ2) is 6.26. The molecule has 0 spiro atoms. The van der Waals surface area contributed by atoms with E-state index in [-0.39, 0.29) is 0 Å². The number of hydrogen-bond donors (Lipinski definition) is 2. The molecule has 2 rings (SSSR count). The summed E-state index contributed by atoms with van der Waals surface area (Å²) >= 11 is 0. The zero-order chi connectivity index (χ0) is 14.8. The van der Waals surface area contributed by atoms with Crippen LogP contribution in [0, 0.1) is 0 Å². The summed E-state index contributed by atoms with van der Waals surface area (Å²) in [5, 5.41) is 3.36. The van der Waals surface area contributed by atoms with Gasteiger partial charge in [0.05, 0.1) is 4.90 Å². The highest BCUT2D eigenvalue weighted by Gasteiger charge is 2.23. The van der Waals surface area contributed by atoms with Crippen molar-refractivity contribution in [2.75, 3.05) is 34.2 Å². The van der Waals surface area contributed by atoms with E-state index in [2.05, 4.69) is 10.3 Å². The number of aromatic amines is 1. The van der Waals surface area contributed by atoms with Gasteiger partial charge in [-0.3, -0.25) is 0 Å². The van der Waals surface area contributed by atoms with E-state index in [0.717, 1.165) is 5.69 Å². The van der Waals surface area contributed by atoms with Crippen LogP contribution in [0.25, 0.3) is 0 Å². The third kappa shape index (κ3) is 4.05. The number of nitrogens with one attached hydrogen (secondary N) is 2. The molecule has 1 aliphatic rings. The van der Waals surface area contributed by atoms with Gasteiger partial charge in [-0.2, -0.15) is 4.31 Å². The maximum atomic E-state index is 12.4. The molecule has 0 bridgehead atoms. The van der Waals surface area contributed by atoms with Crippen molar-refractivity contribution >= 4 is 10.0 Å². The number of aromatic nitrogens is 1. The molecule has 0 atom stereocenters. The molecule has 0 unspecified atom stereocenters. The Morgan fingerprint density at radius 1 is 1.30 bits per heavy atom. The number of nitrogens with zero attached hydrogens (tertiary/aromatic N) is 2. The van der Waals surface area contributed by atoms with E-state index in [9.17, 15) is 8.42 Å². The summed E-state index contributed by atoms with van der Waals surface area (Å²) in [5.41, 5.74) is 0.913. The monoisotopic (exact) mass is 300 g/mol. The Morgan fingerprint density at radius 3 is 2.60 bits per heavy atom. The van der Waals surface area contributed by atoms with Crippen LogP contribution in [0.5, 0.6) is 0 Å². The molecule has 6 nitrogen and oxygen atoms in total. The maximum Gasteiger partial charge on any atom is 0.244 e. The third-order valence-corrected chi connectivity index (χ3v) is 5.28. The molecule has 20 heavy (non-hydrogen) atoms. The molecule has 1 heterocycles. The van der Waals surface area contributed by atoms with Crippen LogP contribution < -0.4 is 5.32 Å². The lowest BCUT2D eigenvalue weighted by Gasteiger charge is -2.18. The van der Waals surface area contributed by atoms with Gasteiger partial charge in [0.15, 0.2) is 0 Å². The van der Waals surface area contributed by atoms with Gasteiger partial charge in [0.25, 0.3) is 0 Å². The Kier molecular flexibility index (Phi) is 4.85. The molecule has 1 saturated carbocycles. The molecule has 1 fully saturated rings. The molecule has 2 N–H and O–H groups in total. The first-order chi connectivity index (χ1) is 9.39. The molecule has 0 aromatic carbocycles. The van der Waals surface area contributed by atoms with Gasteiger partial charge in [-0.05, 0) is 33.0 Å². The normalized spacial score (nSPS) is 16.2. The van der Waals surface area contributed by atoms with Crippen molar-refractivity contribution in [3.05, 3.63) is 18.0 Å². The molecular weight excluding hydrogens is 276 g/mol. The van der Waals surface area contributed by atoms with Crippen molar-refractivity contribution < 1.29 is 8.42 Å². The van der Waals surface area contributed by atoms with E-state index in [1.165, 1.54) is 17.1 Å². The zero-order valence-corrected chi connectivity index (χ0v) is 13.2. The molecule has 1 aromatic rings. The van der Waals surface area contributed by atoms with Crippen LogP contribution in [0.15, 0.2) is 17.2 Å². The Bertz CT molecular complexity index is 534. The van der Waals surface area contributed by atoms with Gasteiger partial charge >= 0.3 is 0 Å². The first-order valence-corrected chi connectivity index (χ1v) is 8.35. The van der Waals surface area contributed by atoms with Gasteiger partial charge in [0.1, 0.15) is 0 Å². The first-order valence-electron chi connectivity index (χ1n) is 6.91. The minimum atomic E-state index is -3.39. The highest BCUT2D eigenvalue weighted by Crippen LogP contribution is 2.20. The number of likely N-dealkylation sites (N-methyl/N-ethyl adjacent to an activating group) is 2. The van der Waals surface area contributed by atoms with E-state index < -0.39 is 10.0 Å². The number of sulfonamides is 1. The summed E-state index contributed by atoms with van der Waals surface area (Å²) < 4.78 is 26.1. The van der Waals surface area contributed by atoms with Crippen molar-refractivity contribution in [2.24, 2.45) is 0 Å². The first kappa shape index (κ1) is 15.5. The summed E-state index contributed by atoms with van der Waals surface area (Å²) in [6.07, 6.45) is 4.02. The second-order valence-electron chi connectivity index (χ2n) is 5.65. The van der Waals surface area contributed by atoms with Crippen LogP contribution in [0.2, 0.25) is 0 Å². The Labute approximate surface area is 121 Å². The van der Waals surface area contributed by atoms with Gasteiger partial charge in [-0.1, -0.05) is 0 Å². The van der Waals surface area contributed by atoms with Gasteiger partial charge in [-0.25, -0.2) is 8.42 Å². The number of rotatable bonds is 8. The Morgan fingerprint density at radius 2 is 2.00 bits per heavy atom. The fraction of sp³-hybridized carbons (Fsp3) is 0.692. The van der Waals surface area contributed by atoms with Crippen LogP contribution in [0.4, 0.5) is 0 Å². The van der Waals surface area contributed by atoms with Crippen LogP contribution in [0.3, 0.4) is 0 Å². The molecule has 0 saturated heterocycles. The maximum absolute atomic E-state index is 12.4. The zero-order valence-electron chi connectivity index (χ0n) is 12.4. The van der Waals surface area contributed by atoms with E-state index >= 15 is 0 Å². The minimum absolute atomic E-state index is 0.339. The van der Waals surface area contributed by atoms with Gasteiger partial charge in [0, 0.05) is 44.6 Å². The summed E-state index contributed by atoms with van der Waals surface area (Å²) in [6, 6.07) is 2.33. The van der Waals surface area contributed by atoms with Crippen molar-refractivity contribution in [3.8, 4) is 0 Å². The average molecular weight is 300 g/mol. The Balaban J connectivity index is 1.96. The highest BCUT2D eigenvalue weighted by molar-refractivity contribution is 7.89. The van der Waals surface area contributed by atoms with Crippen LogP contribution in [0.1, 0.15) is 18.5 Å². The minimum Gasteiger partial charge on any atom is -0.363 e. The van der Waals surface area contributed by atoms with E-state index in [0.29, 0.717) is 30.6 Å². The fourth-order valence-corrected chi connectivity index (χ4v) is 3.03. The Hall–Kier alpha value is -0.890. The number of H-pyrrole nitrogens is 1. The summed E-state index contributed by atoms with van der Waals surface area (Å²) in [6.45, 7) is 1.88. The standard InChI is InChI=1S/C13H24N4O2S/c1-16(2)6-7-17(3)20(18,19)13-8-12(15-10-13)9-14-11-4-5-11/h8,10-11,14-15H,4-7,9H2,1-3H3. The van der Waals surface area contributed by atoms with Gasteiger partial charge in [0.2, 0.25) is 10.0 Å². The van der Waals surface area contributed by atoms with Crippen molar-refractivity contribution in [1.82, 2.24) is 19.5 Å². The second-order valence-corrected chi connectivity index (χ2v) is 7.69. The summed E-state index contributed by atoms with van der Waals surface area (Å²) in [4.78, 5) is 5.34. The van der Waals surface area contributed by atoms with Crippen LogP contribution >= 0.6 is 0 Å². The molecule has 0 radical (unpaired) electrons.